The number of piperidine rings is 1. The molecule has 1 fully saturated rings. The molecule has 0 amide bonds. The first-order valence-corrected chi connectivity index (χ1v) is 6.65. The lowest BCUT2D eigenvalue weighted by Gasteiger charge is -2.23. The third-order valence-electron chi connectivity index (χ3n) is 3.92. The summed E-state index contributed by atoms with van der Waals surface area (Å²) in [6, 6.07) is 4.11. The quantitative estimate of drug-likeness (QED) is 0.850. The van der Waals surface area contributed by atoms with Crippen molar-refractivity contribution in [3.05, 3.63) is 29.6 Å². The predicted octanol–water partition coefficient (Wildman–Crippen LogP) is 2.19. The molecule has 0 aliphatic carbocycles. The van der Waals surface area contributed by atoms with Crippen LogP contribution in [-0.4, -0.2) is 27.9 Å². The number of rotatable bonds is 2. The van der Waals surface area contributed by atoms with Crippen molar-refractivity contribution in [3.8, 4) is 11.4 Å². The number of aromatic nitrogens is 3. The van der Waals surface area contributed by atoms with Gasteiger partial charge in [0, 0.05) is 30.4 Å². The molecule has 2 aromatic heterocycles. The van der Waals surface area contributed by atoms with E-state index in [0.29, 0.717) is 5.92 Å². The van der Waals surface area contributed by atoms with E-state index in [-0.39, 0.29) is 0 Å². The van der Waals surface area contributed by atoms with Crippen molar-refractivity contribution in [3.63, 3.8) is 0 Å². The number of aryl methyl sites for hydroxylation is 1. The fraction of sp³-hybridized carbons (Fsp3) is 0.500. The number of H-pyrrole nitrogens is 1. The van der Waals surface area contributed by atoms with E-state index >= 15 is 0 Å². The van der Waals surface area contributed by atoms with Crippen LogP contribution in [0, 0.1) is 6.92 Å². The van der Waals surface area contributed by atoms with Crippen LogP contribution in [0.4, 0.5) is 0 Å². The van der Waals surface area contributed by atoms with E-state index in [9.17, 15) is 0 Å². The molecule has 0 saturated carbocycles. The highest BCUT2D eigenvalue weighted by molar-refractivity contribution is 5.60. The highest BCUT2D eigenvalue weighted by atomic mass is 15.3. The number of nitrogens with one attached hydrogen (secondary N) is 2. The van der Waals surface area contributed by atoms with Gasteiger partial charge in [0.15, 0.2) is 0 Å². The van der Waals surface area contributed by atoms with Crippen LogP contribution < -0.4 is 5.32 Å². The van der Waals surface area contributed by atoms with Gasteiger partial charge in [-0.2, -0.15) is 5.10 Å². The van der Waals surface area contributed by atoms with Crippen molar-refractivity contribution >= 4 is 0 Å². The third-order valence-corrected chi connectivity index (χ3v) is 3.92. The molecule has 3 heterocycles. The SMILES string of the molecule is Cc1c(-c2ccc[nH]2)nn(C)c1C1CCNCC1. The second kappa shape index (κ2) is 4.61. The van der Waals surface area contributed by atoms with Crippen LogP contribution in [0.1, 0.15) is 30.0 Å². The second-order valence-electron chi connectivity index (χ2n) is 5.09. The summed E-state index contributed by atoms with van der Waals surface area (Å²) in [5.41, 5.74) is 4.94. The number of nitrogens with zero attached hydrogens (tertiary/aromatic N) is 2. The van der Waals surface area contributed by atoms with Gasteiger partial charge in [-0.15, -0.1) is 0 Å². The monoisotopic (exact) mass is 244 g/mol. The lowest BCUT2D eigenvalue weighted by Crippen LogP contribution is -2.27. The Morgan fingerprint density at radius 2 is 2.11 bits per heavy atom. The Morgan fingerprint density at radius 3 is 2.78 bits per heavy atom. The van der Waals surface area contributed by atoms with Crippen molar-refractivity contribution in [1.29, 1.82) is 0 Å². The van der Waals surface area contributed by atoms with E-state index in [0.717, 1.165) is 24.5 Å². The molecular weight excluding hydrogens is 224 g/mol. The van der Waals surface area contributed by atoms with Gasteiger partial charge in [-0.3, -0.25) is 4.68 Å². The van der Waals surface area contributed by atoms with Crippen molar-refractivity contribution in [2.75, 3.05) is 13.1 Å². The molecule has 2 aromatic rings. The fourth-order valence-electron chi connectivity index (χ4n) is 3.04. The smallest absolute Gasteiger partial charge is 0.112 e. The van der Waals surface area contributed by atoms with Crippen molar-refractivity contribution in [1.82, 2.24) is 20.1 Å². The summed E-state index contributed by atoms with van der Waals surface area (Å²) in [6.45, 7) is 4.43. The van der Waals surface area contributed by atoms with Gasteiger partial charge in [0.1, 0.15) is 5.69 Å². The van der Waals surface area contributed by atoms with E-state index in [1.807, 2.05) is 12.3 Å². The molecule has 0 aromatic carbocycles. The summed E-state index contributed by atoms with van der Waals surface area (Å²) in [5.74, 6) is 0.646. The standard InChI is InChI=1S/C14H20N4/c1-10-13(12-4-3-7-16-12)17-18(2)14(10)11-5-8-15-9-6-11/h3-4,7,11,15-16H,5-6,8-9H2,1-2H3. The highest BCUT2D eigenvalue weighted by Crippen LogP contribution is 2.32. The van der Waals surface area contributed by atoms with Gasteiger partial charge in [-0.25, -0.2) is 0 Å². The normalized spacial score (nSPS) is 17.2. The maximum Gasteiger partial charge on any atom is 0.112 e. The summed E-state index contributed by atoms with van der Waals surface area (Å²) in [6.07, 6.45) is 4.38. The van der Waals surface area contributed by atoms with Crippen LogP contribution in [0.3, 0.4) is 0 Å². The second-order valence-corrected chi connectivity index (χ2v) is 5.09. The zero-order valence-electron chi connectivity index (χ0n) is 11.0. The molecule has 0 unspecified atom stereocenters. The molecule has 0 spiro atoms. The molecule has 1 aliphatic rings. The largest absolute Gasteiger partial charge is 0.360 e. The van der Waals surface area contributed by atoms with Gasteiger partial charge in [0.05, 0.1) is 5.69 Å². The fourth-order valence-corrected chi connectivity index (χ4v) is 3.04. The molecule has 96 valence electrons. The van der Waals surface area contributed by atoms with Gasteiger partial charge < -0.3 is 10.3 Å². The number of hydrogen-bond acceptors (Lipinski definition) is 2. The van der Waals surface area contributed by atoms with E-state index in [1.165, 1.54) is 24.1 Å². The average Bonchev–Trinajstić information content (AvgIpc) is 2.99. The maximum atomic E-state index is 4.69. The van der Waals surface area contributed by atoms with Crippen molar-refractivity contribution in [2.45, 2.75) is 25.7 Å². The Kier molecular flexibility index (Phi) is 2.96. The molecule has 0 atom stereocenters. The first-order valence-electron chi connectivity index (χ1n) is 6.65. The van der Waals surface area contributed by atoms with Gasteiger partial charge in [-0.05, 0) is 45.0 Å². The summed E-state index contributed by atoms with van der Waals surface area (Å²) in [7, 11) is 2.07. The van der Waals surface area contributed by atoms with Crippen LogP contribution in [0.2, 0.25) is 0 Å². The lowest BCUT2D eigenvalue weighted by atomic mass is 9.91. The molecule has 18 heavy (non-hydrogen) atoms. The molecule has 4 nitrogen and oxygen atoms in total. The van der Waals surface area contributed by atoms with Gasteiger partial charge in [0.25, 0.3) is 0 Å². The molecule has 0 bridgehead atoms. The summed E-state index contributed by atoms with van der Waals surface area (Å²) in [5, 5.41) is 8.11. The molecule has 0 radical (unpaired) electrons. The third kappa shape index (κ3) is 1.86. The number of hydrogen-bond donors (Lipinski definition) is 2. The summed E-state index contributed by atoms with van der Waals surface area (Å²) < 4.78 is 2.07. The first-order chi connectivity index (χ1) is 8.77. The summed E-state index contributed by atoms with van der Waals surface area (Å²) in [4.78, 5) is 3.25. The Balaban J connectivity index is 2.00. The van der Waals surface area contributed by atoms with Crippen LogP contribution in [-0.2, 0) is 7.05 Å². The topological polar surface area (TPSA) is 45.6 Å². The summed E-state index contributed by atoms with van der Waals surface area (Å²) >= 11 is 0. The highest BCUT2D eigenvalue weighted by Gasteiger charge is 2.23. The minimum atomic E-state index is 0.646. The average molecular weight is 244 g/mol. The lowest BCUT2D eigenvalue weighted by molar-refractivity contribution is 0.438. The molecule has 3 rings (SSSR count). The van der Waals surface area contributed by atoms with Crippen LogP contribution in [0.25, 0.3) is 11.4 Å². The Hall–Kier alpha value is -1.55. The maximum absolute atomic E-state index is 4.69. The van der Waals surface area contributed by atoms with Gasteiger partial charge >= 0.3 is 0 Å². The molecular formula is C14H20N4. The Bertz CT molecular complexity index is 518. The van der Waals surface area contributed by atoms with Crippen molar-refractivity contribution in [2.24, 2.45) is 7.05 Å². The minimum absolute atomic E-state index is 0.646. The van der Waals surface area contributed by atoms with Crippen molar-refractivity contribution < 1.29 is 0 Å². The zero-order valence-corrected chi connectivity index (χ0v) is 11.0. The molecule has 2 N–H and O–H groups in total. The van der Waals surface area contributed by atoms with Crippen LogP contribution >= 0.6 is 0 Å². The minimum Gasteiger partial charge on any atom is -0.360 e. The molecule has 1 saturated heterocycles. The predicted molar refractivity (Wildman–Crippen MR) is 72.6 cm³/mol. The zero-order chi connectivity index (χ0) is 12.5. The molecule has 1 aliphatic heterocycles. The van der Waals surface area contributed by atoms with Crippen LogP contribution in [0.15, 0.2) is 18.3 Å². The van der Waals surface area contributed by atoms with E-state index in [1.54, 1.807) is 0 Å². The number of aromatic amines is 1. The van der Waals surface area contributed by atoms with E-state index < -0.39 is 0 Å². The van der Waals surface area contributed by atoms with Gasteiger partial charge in [-0.1, -0.05) is 0 Å². The first kappa shape index (κ1) is 11.5. The van der Waals surface area contributed by atoms with Gasteiger partial charge in [0.2, 0.25) is 0 Å². The molecule has 4 heteroatoms. The van der Waals surface area contributed by atoms with E-state index in [4.69, 9.17) is 5.10 Å². The Labute approximate surface area is 107 Å². The van der Waals surface area contributed by atoms with E-state index in [2.05, 4.69) is 35.0 Å². The van der Waals surface area contributed by atoms with Crippen LogP contribution in [0.5, 0.6) is 0 Å². The Morgan fingerprint density at radius 1 is 1.33 bits per heavy atom.